The van der Waals surface area contributed by atoms with E-state index in [0.717, 1.165) is 24.7 Å². The SMILES string of the molecule is C1=CN(Cc2cccc(C3CCCC3)c2)Cc2[nH]cnc21. The Morgan fingerprint density at radius 1 is 1.24 bits per heavy atom. The maximum absolute atomic E-state index is 4.30. The summed E-state index contributed by atoms with van der Waals surface area (Å²) in [5.74, 6) is 0.793. The summed E-state index contributed by atoms with van der Waals surface area (Å²) in [7, 11) is 0. The molecule has 1 aromatic carbocycles. The van der Waals surface area contributed by atoms with E-state index in [4.69, 9.17) is 0 Å². The number of aromatic amines is 1. The lowest BCUT2D eigenvalue weighted by molar-refractivity contribution is 0.355. The Morgan fingerprint density at radius 2 is 2.14 bits per heavy atom. The molecule has 1 saturated carbocycles. The number of hydrogen-bond acceptors (Lipinski definition) is 2. The summed E-state index contributed by atoms with van der Waals surface area (Å²) in [4.78, 5) is 9.86. The van der Waals surface area contributed by atoms with Crippen LogP contribution in [-0.2, 0) is 13.1 Å². The van der Waals surface area contributed by atoms with Gasteiger partial charge in [0, 0.05) is 12.7 Å². The van der Waals surface area contributed by atoms with Gasteiger partial charge in [0.05, 0.1) is 24.3 Å². The van der Waals surface area contributed by atoms with Crippen LogP contribution in [-0.4, -0.2) is 14.9 Å². The van der Waals surface area contributed by atoms with Crippen LogP contribution < -0.4 is 0 Å². The van der Waals surface area contributed by atoms with E-state index < -0.39 is 0 Å². The Bertz CT molecular complexity index is 650. The average Bonchev–Trinajstić information content (AvgIpc) is 3.18. The Hall–Kier alpha value is -2.03. The van der Waals surface area contributed by atoms with Crippen molar-refractivity contribution in [3.8, 4) is 0 Å². The Balaban J connectivity index is 1.49. The van der Waals surface area contributed by atoms with Gasteiger partial charge in [-0.3, -0.25) is 0 Å². The summed E-state index contributed by atoms with van der Waals surface area (Å²) >= 11 is 0. The van der Waals surface area contributed by atoms with Gasteiger partial charge in [0.25, 0.3) is 0 Å². The van der Waals surface area contributed by atoms with Crippen molar-refractivity contribution in [1.29, 1.82) is 0 Å². The van der Waals surface area contributed by atoms with Gasteiger partial charge < -0.3 is 9.88 Å². The number of hydrogen-bond donors (Lipinski definition) is 1. The van der Waals surface area contributed by atoms with Gasteiger partial charge in [-0.15, -0.1) is 0 Å². The predicted molar refractivity (Wildman–Crippen MR) is 84.5 cm³/mol. The molecule has 2 aliphatic rings. The van der Waals surface area contributed by atoms with Gasteiger partial charge in [-0.05, 0) is 36.0 Å². The molecule has 2 heterocycles. The number of nitrogens with one attached hydrogen (secondary N) is 1. The van der Waals surface area contributed by atoms with E-state index >= 15 is 0 Å². The number of imidazole rings is 1. The minimum atomic E-state index is 0.793. The maximum Gasteiger partial charge on any atom is 0.0929 e. The fourth-order valence-corrected chi connectivity index (χ4v) is 3.58. The lowest BCUT2D eigenvalue weighted by atomic mass is 9.96. The first kappa shape index (κ1) is 12.7. The molecule has 0 bridgehead atoms. The monoisotopic (exact) mass is 279 g/mol. The molecule has 0 atom stereocenters. The van der Waals surface area contributed by atoms with Crippen LogP contribution in [0.25, 0.3) is 6.08 Å². The smallest absolute Gasteiger partial charge is 0.0929 e. The molecule has 2 aromatic rings. The zero-order valence-corrected chi connectivity index (χ0v) is 12.3. The summed E-state index contributed by atoms with van der Waals surface area (Å²) < 4.78 is 0. The topological polar surface area (TPSA) is 31.9 Å². The summed E-state index contributed by atoms with van der Waals surface area (Å²) in [6, 6.07) is 9.18. The largest absolute Gasteiger partial charge is 0.367 e. The van der Waals surface area contributed by atoms with E-state index in [1.165, 1.54) is 42.5 Å². The number of nitrogens with zero attached hydrogens (tertiary/aromatic N) is 2. The molecule has 0 radical (unpaired) electrons. The molecule has 1 N–H and O–H groups in total. The Morgan fingerprint density at radius 3 is 3.05 bits per heavy atom. The molecule has 0 unspecified atom stereocenters. The van der Waals surface area contributed by atoms with Crippen LogP contribution in [0.15, 0.2) is 36.8 Å². The highest BCUT2D eigenvalue weighted by atomic mass is 15.1. The normalized spacial score (nSPS) is 18.2. The van der Waals surface area contributed by atoms with Gasteiger partial charge in [0.1, 0.15) is 0 Å². The minimum Gasteiger partial charge on any atom is -0.367 e. The van der Waals surface area contributed by atoms with Crippen molar-refractivity contribution >= 4 is 6.08 Å². The summed E-state index contributed by atoms with van der Waals surface area (Å²) in [6.07, 6.45) is 11.6. The average molecular weight is 279 g/mol. The number of fused-ring (bicyclic) bond motifs is 1. The molecule has 1 aliphatic heterocycles. The zero-order valence-electron chi connectivity index (χ0n) is 12.3. The highest BCUT2D eigenvalue weighted by Gasteiger charge is 2.18. The van der Waals surface area contributed by atoms with E-state index in [1.807, 2.05) is 0 Å². The van der Waals surface area contributed by atoms with Crippen LogP contribution in [0.1, 0.15) is 54.1 Å². The van der Waals surface area contributed by atoms with E-state index in [0.29, 0.717) is 0 Å². The maximum atomic E-state index is 4.30. The van der Waals surface area contributed by atoms with Crippen molar-refractivity contribution in [1.82, 2.24) is 14.9 Å². The lowest BCUT2D eigenvalue weighted by Gasteiger charge is -2.23. The third kappa shape index (κ3) is 2.60. The first-order valence-electron chi connectivity index (χ1n) is 7.92. The molecule has 4 rings (SSSR count). The summed E-state index contributed by atoms with van der Waals surface area (Å²) in [5, 5.41) is 0. The molecule has 1 fully saturated rings. The van der Waals surface area contributed by atoms with Gasteiger partial charge in [-0.2, -0.15) is 0 Å². The van der Waals surface area contributed by atoms with Crippen molar-refractivity contribution in [3.63, 3.8) is 0 Å². The molecule has 3 nitrogen and oxygen atoms in total. The second kappa shape index (κ2) is 5.40. The second-order valence-corrected chi connectivity index (χ2v) is 6.21. The van der Waals surface area contributed by atoms with Crippen molar-refractivity contribution in [3.05, 3.63) is 59.3 Å². The molecular weight excluding hydrogens is 258 g/mol. The summed E-state index contributed by atoms with van der Waals surface area (Å²) in [5.41, 5.74) is 5.23. The first-order chi connectivity index (χ1) is 10.4. The molecule has 108 valence electrons. The molecule has 3 heteroatoms. The number of rotatable bonds is 3. The molecule has 0 saturated heterocycles. The summed E-state index contributed by atoms with van der Waals surface area (Å²) in [6.45, 7) is 1.88. The van der Waals surface area contributed by atoms with Crippen molar-refractivity contribution < 1.29 is 0 Å². The fraction of sp³-hybridized carbons (Fsp3) is 0.389. The zero-order chi connectivity index (χ0) is 14.1. The highest BCUT2D eigenvalue weighted by molar-refractivity contribution is 5.49. The van der Waals surface area contributed by atoms with Crippen LogP contribution in [0, 0.1) is 0 Å². The number of benzene rings is 1. The molecule has 0 amide bonds. The first-order valence-corrected chi connectivity index (χ1v) is 7.92. The van der Waals surface area contributed by atoms with Crippen LogP contribution >= 0.6 is 0 Å². The Kier molecular flexibility index (Phi) is 3.26. The van der Waals surface area contributed by atoms with E-state index in [-0.39, 0.29) is 0 Å². The lowest BCUT2D eigenvalue weighted by Crippen LogP contribution is -2.19. The van der Waals surface area contributed by atoms with Crippen LogP contribution in [0.2, 0.25) is 0 Å². The molecular formula is C18H21N3. The number of aromatic nitrogens is 2. The van der Waals surface area contributed by atoms with E-state index in [2.05, 4.69) is 51.4 Å². The standard InChI is InChI=1S/C18H21N3/c1-2-6-15(5-1)16-7-3-4-14(10-16)11-21-9-8-17-18(12-21)20-13-19-17/h3-4,7-10,13,15H,1-2,5-6,11-12H2,(H,19,20). The third-order valence-electron chi connectivity index (χ3n) is 4.72. The quantitative estimate of drug-likeness (QED) is 0.919. The van der Waals surface area contributed by atoms with Crippen molar-refractivity contribution in [2.24, 2.45) is 0 Å². The van der Waals surface area contributed by atoms with E-state index in [9.17, 15) is 0 Å². The number of H-pyrrole nitrogens is 1. The second-order valence-electron chi connectivity index (χ2n) is 6.21. The molecule has 0 spiro atoms. The Labute approximate surface area is 125 Å². The van der Waals surface area contributed by atoms with Gasteiger partial charge in [0.15, 0.2) is 0 Å². The van der Waals surface area contributed by atoms with Crippen LogP contribution in [0.3, 0.4) is 0 Å². The highest BCUT2D eigenvalue weighted by Crippen LogP contribution is 2.34. The molecule has 1 aliphatic carbocycles. The predicted octanol–water partition coefficient (Wildman–Crippen LogP) is 4.05. The van der Waals surface area contributed by atoms with E-state index in [1.54, 1.807) is 6.33 Å². The van der Waals surface area contributed by atoms with Gasteiger partial charge in [-0.25, -0.2) is 4.98 Å². The third-order valence-corrected chi connectivity index (χ3v) is 4.72. The molecule has 21 heavy (non-hydrogen) atoms. The fourth-order valence-electron chi connectivity index (χ4n) is 3.58. The van der Waals surface area contributed by atoms with Crippen molar-refractivity contribution in [2.75, 3.05) is 0 Å². The minimum absolute atomic E-state index is 0.793. The van der Waals surface area contributed by atoms with Crippen LogP contribution in [0.4, 0.5) is 0 Å². The molecule has 1 aromatic heterocycles. The van der Waals surface area contributed by atoms with Gasteiger partial charge >= 0.3 is 0 Å². The van der Waals surface area contributed by atoms with Crippen LogP contribution in [0.5, 0.6) is 0 Å². The van der Waals surface area contributed by atoms with Gasteiger partial charge in [-0.1, -0.05) is 37.1 Å². The van der Waals surface area contributed by atoms with Gasteiger partial charge in [0.2, 0.25) is 0 Å². The van der Waals surface area contributed by atoms with Crippen molar-refractivity contribution in [2.45, 2.75) is 44.7 Å².